The molecule has 5 atom stereocenters. The lowest BCUT2D eigenvalue weighted by atomic mass is 9.85. The van der Waals surface area contributed by atoms with Gasteiger partial charge in [0.05, 0.1) is 25.1 Å². The molecule has 2 aromatic carbocycles. The fraction of sp³-hybridized carbons (Fsp3) is 0.432. The van der Waals surface area contributed by atoms with Crippen molar-refractivity contribution in [1.29, 1.82) is 0 Å². The van der Waals surface area contributed by atoms with Gasteiger partial charge in [-0.2, -0.15) is 0 Å². The van der Waals surface area contributed by atoms with Crippen LogP contribution in [0.3, 0.4) is 0 Å². The number of nitrogens with one attached hydrogen (secondary N) is 3. The highest BCUT2D eigenvalue weighted by Gasteiger charge is 2.62. The van der Waals surface area contributed by atoms with Crippen LogP contribution in [0, 0.1) is 11.3 Å². The Morgan fingerprint density at radius 3 is 2.58 bits per heavy atom. The van der Waals surface area contributed by atoms with E-state index in [0.717, 1.165) is 0 Å². The standard InChI is InChI=1S/C37H43ClN6O8S/c1-6-21-17-37(21,35(48)43-53(49,50)25-11-12-25)42-32(46)28-16-24(52-33-27-15-22(38)10-13-26(27)29(51-5)18-40-33)19-44(28)34(47)30(36(2,3)4)41-23-9-7-8-20(14-23)31(39)45/h6-10,13-15,18,21,24-25,28,30,41H,1,11-12,16-17,19H2,2-5H3,(H2,39,45)(H,42,46)(H,43,48)/t21-,24-,28+,30-,37-/m1/s1/i2D. The normalized spacial score (nSPS) is 23.4. The van der Waals surface area contributed by atoms with Gasteiger partial charge >= 0.3 is 0 Å². The molecule has 4 amide bonds. The summed E-state index contributed by atoms with van der Waals surface area (Å²) in [7, 11) is -2.42. The van der Waals surface area contributed by atoms with Crippen LogP contribution in [0.15, 0.2) is 61.3 Å². The van der Waals surface area contributed by atoms with Gasteiger partial charge < -0.3 is 30.7 Å². The molecule has 1 aliphatic heterocycles. The Hall–Kier alpha value is -4.89. The number of carbonyl (C=O) groups is 4. The smallest absolute Gasteiger partial charge is 0.259 e. The molecular formula is C37H43ClN6O8S. The third kappa shape index (κ3) is 7.77. The van der Waals surface area contributed by atoms with E-state index in [2.05, 4.69) is 26.9 Å². The van der Waals surface area contributed by atoms with Crippen LogP contribution in [0.1, 0.15) is 58.2 Å². The zero-order chi connectivity index (χ0) is 39.2. The number of benzene rings is 2. The fourth-order valence-corrected chi connectivity index (χ4v) is 8.20. The molecule has 0 spiro atoms. The summed E-state index contributed by atoms with van der Waals surface area (Å²) in [5.74, 6) is -2.68. The van der Waals surface area contributed by atoms with Gasteiger partial charge in [-0.25, -0.2) is 13.4 Å². The van der Waals surface area contributed by atoms with Gasteiger partial charge in [0, 0.05) is 40.8 Å². The number of aromatic nitrogens is 1. The monoisotopic (exact) mass is 767 g/mol. The second kappa shape index (κ2) is 14.2. The summed E-state index contributed by atoms with van der Waals surface area (Å²) in [6.07, 6.45) is 3.14. The second-order valence-corrected chi connectivity index (χ2v) is 16.9. The number of fused-ring (bicyclic) bond motifs is 1. The van der Waals surface area contributed by atoms with Crippen LogP contribution in [0.4, 0.5) is 5.69 Å². The molecule has 14 nitrogen and oxygen atoms in total. The summed E-state index contributed by atoms with van der Waals surface area (Å²) in [5, 5.41) is 6.91. The number of hydrogen-bond donors (Lipinski definition) is 4. The van der Waals surface area contributed by atoms with Crippen molar-refractivity contribution in [2.75, 3.05) is 19.0 Å². The van der Waals surface area contributed by atoms with Crippen LogP contribution in [-0.4, -0.2) is 84.6 Å². The lowest BCUT2D eigenvalue weighted by Crippen LogP contribution is -2.58. The SMILES string of the molecule is [2H]CC(C)(C)[C@H](Nc1cccc(C(N)=O)c1)C(=O)N1C[C@H](Oc2ncc(OC)c3ccc(Cl)cc23)C[C@H]1C(=O)N[C@]1(C(=O)NS(=O)(=O)C2CC2)C[C@H]1C=C. The molecule has 3 aliphatic rings. The molecule has 1 aromatic heterocycles. The summed E-state index contributed by atoms with van der Waals surface area (Å²) in [5.41, 5.74) is 3.50. The number of halogens is 1. The summed E-state index contributed by atoms with van der Waals surface area (Å²) in [4.78, 5) is 60.4. The number of methoxy groups -OCH3 is 1. The van der Waals surface area contributed by atoms with Crippen molar-refractivity contribution in [2.24, 2.45) is 17.1 Å². The number of hydrogen-bond acceptors (Lipinski definition) is 10. The molecule has 3 fully saturated rings. The third-order valence-corrected chi connectivity index (χ3v) is 11.9. The number of likely N-dealkylation sites (tertiary alicyclic amines) is 1. The molecule has 2 heterocycles. The van der Waals surface area contributed by atoms with E-state index in [0.29, 0.717) is 40.1 Å². The number of rotatable bonds is 13. The van der Waals surface area contributed by atoms with Crippen molar-refractivity contribution in [2.45, 2.75) is 75.4 Å². The van der Waals surface area contributed by atoms with Crippen LogP contribution < -0.4 is 30.6 Å². The van der Waals surface area contributed by atoms with E-state index in [1.54, 1.807) is 44.2 Å². The van der Waals surface area contributed by atoms with Gasteiger partial charge in [0.15, 0.2) is 0 Å². The summed E-state index contributed by atoms with van der Waals surface area (Å²) in [6.45, 7) is 6.92. The van der Waals surface area contributed by atoms with Crippen LogP contribution in [0.5, 0.6) is 11.6 Å². The molecule has 0 radical (unpaired) electrons. The van der Waals surface area contributed by atoms with E-state index in [1.165, 1.54) is 36.4 Å². The number of sulfonamides is 1. The molecule has 6 rings (SSSR count). The maximum atomic E-state index is 14.8. The molecule has 0 unspecified atom stereocenters. The third-order valence-electron chi connectivity index (χ3n) is 9.86. The predicted molar refractivity (Wildman–Crippen MR) is 199 cm³/mol. The van der Waals surface area contributed by atoms with Crippen LogP contribution >= 0.6 is 11.6 Å². The zero-order valence-corrected chi connectivity index (χ0v) is 31.1. The van der Waals surface area contributed by atoms with E-state index in [1.807, 2.05) is 0 Å². The molecule has 53 heavy (non-hydrogen) atoms. The van der Waals surface area contributed by atoms with Crippen molar-refractivity contribution in [3.63, 3.8) is 0 Å². The highest BCUT2D eigenvalue weighted by molar-refractivity contribution is 7.91. The lowest BCUT2D eigenvalue weighted by Gasteiger charge is -2.36. The summed E-state index contributed by atoms with van der Waals surface area (Å²) in [6, 6.07) is 9.12. The van der Waals surface area contributed by atoms with Crippen LogP contribution in [-0.2, 0) is 24.4 Å². The van der Waals surface area contributed by atoms with Crippen molar-refractivity contribution in [3.05, 3.63) is 71.9 Å². The number of ether oxygens (including phenoxy) is 2. The molecule has 5 N–H and O–H groups in total. The summed E-state index contributed by atoms with van der Waals surface area (Å²) < 4.78 is 47.8. The number of anilines is 1. The Morgan fingerprint density at radius 1 is 1.19 bits per heavy atom. The van der Waals surface area contributed by atoms with Gasteiger partial charge in [0.25, 0.3) is 5.91 Å². The van der Waals surface area contributed by atoms with E-state index >= 15 is 0 Å². The van der Waals surface area contributed by atoms with Crippen molar-refractivity contribution >= 4 is 61.7 Å². The first-order valence-electron chi connectivity index (χ1n) is 17.8. The van der Waals surface area contributed by atoms with Gasteiger partial charge in [-0.05, 0) is 61.1 Å². The van der Waals surface area contributed by atoms with E-state index in [-0.39, 0.29) is 37.7 Å². The molecule has 3 aromatic rings. The van der Waals surface area contributed by atoms with Gasteiger partial charge in [0.1, 0.15) is 29.5 Å². The molecule has 0 bridgehead atoms. The largest absolute Gasteiger partial charge is 0.494 e. The Balaban J connectivity index is 1.34. The number of primary amides is 1. The van der Waals surface area contributed by atoms with Gasteiger partial charge in [-0.15, -0.1) is 6.58 Å². The minimum atomic E-state index is -3.93. The summed E-state index contributed by atoms with van der Waals surface area (Å²) >= 11 is 6.34. The Bertz CT molecular complexity index is 2130. The zero-order valence-electron chi connectivity index (χ0n) is 30.6. The number of nitrogens with two attached hydrogens (primary N) is 1. The fourth-order valence-electron chi connectivity index (χ4n) is 6.66. The highest BCUT2D eigenvalue weighted by atomic mass is 35.5. The molecule has 16 heteroatoms. The van der Waals surface area contributed by atoms with Crippen molar-refractivity contribution in [1.82, 2.24) is 19.9 Å². The second-order valence-electron chi connectivity index (χ2n) is 14.5. The number of amides is 4. The average molecular weight is 768 g/mol. The van der Waals surface area contributed by atoms with Crippen LogP contribution in [0.25, 0.3) is 10.8 Å². The number of nitrogens with zero attached hydrogens (tertiary/aromatic N) is 2. The van der Waals surface area contributed by atoms with E-state index in [4.69, 9.17) is 28.2 Å². The first kappa shape index (κ1) is 36.5. The Labute approximate surface area is 314 Å². The van der Waals surface area contributed by atoms with Gasteiger partial charge in [-0.3, -0.25) is 23.9 Å². The minimum absolute atomic E-state index is 0.0324. The quantitative estimate of drug-likeness (QED) is 0.187. The topological polar surface area (TPSA) is 199 Å². The number of carbonyl (C=O) groups excluding carboxylic acids is 4. The highest BCUT2D eigenvalue weighted by Crippen LogP contribution is 2.46. The van der Waals surface area contributed by atoms with Gasteiger partial charge in [0.2, 0.25) is 33.6 Å². The maximum Gasteiger partial charge on any atom is 0.259 e. The minimum Gasteiger partial charge on any atom is -0.494 e. The first-order chi connectivity index (χ1) is 25.5. The Kier molecular flexibility index (Phi) is 9.74. The molecule has 2 aliphatic carbocycles. The maximum absolute atomic E-state index is 14.8. The number of pyridine rings is 1. The van der Waals surface area contributed by atoms with Gasteiger partial charge in [-0.1, -0.05) is 44.5 Å². The first-order valence-corrected chi connectivity index (χ1v) is 19.0. The lowest BCUT2D eigenvalue weighted by molar-refractivity contribution is -0.141. The van der Waals surface area contributed by atoms with E-state index < -0.39 is 74.0 Å². The van der Waals surface area contributed by atoms with E-state index in [9.17, 15) is 27.6 Å². The molecule has 1 saturated heterocycles. The molecule has 282 valence electrons. The molecular weight excluding hydrogens is 724 g/mol. The van der Waals surface area contributed by atoms with Crippen molar-refractivity contribution in [3.8, 4) is 11.6 Å². The molecule has 2 saturated carbocycles. The average Bonchev–Trinajstić information content (AvgIpc) is 4.07. The Morgan fingerprint density at radius 2 is 1.94 bits per heavy atom. The van der Waals surface area contributed by atoms with Crippen molar-refractivity contribution < 1.29 is 38.4 Å². The predicted octanol–water partition coefficient (Wildman–Crippen LogP) is 3.54. The van der Waals surface area contributed by atoms with Crippen LogP contribution in [0.2, 0.25) is 5.02 Å².